The number of anilines is 2. The van der Waals surface area contributed by atoms with Crippen molar-refractivity contribution < 1.29 is 17.6 Å². The smallest absolute Gasteiger partial charge is 0.304 e. The molecule has 0 spiro atoms. The van der Waals surface area contributed by atoms with Crippen LogP contribution in [0.4, 0.5) is 15.8 Å². The summed E-state index contributed by atoms with van der Waals surface area (Å²) >= 11 is 0. The average Bonchev–Trinajstić information content (AvgIpc) is 2.54. The van der Waals surface area contributed by atoms with Gasteiger partial charge in [-0.1, -0.05) is 18.2 Å². The van der Waals surface area contributed by atoms with Crippen LogP contribution in [-0.2, 0) is 15.0 Å². The van der Waals surface area contributed by atoms with Crippen molar-refractivity contribution in [1.82, 2.24) is 4.31 Å². The monoisotopic (exact) mass is 351 g/mol. The number of rotatable bonds is 6. The normalized spacial score (nSPS) is 11.3. The van der Waals surface area contributed by atoms with Crippen LogP contribution in [-0.4, -0.2) is 39.3 Å². The number of nitrogens with zero attached hydrogens (tertiary/aromatic N) is 2. The molecule has 0 aliphatic heterocycles. The lowest BCUT2D eigenvalue weighted by atomic mass is 10.3. The molecule has 1 N–H and O–H groups in total. The van der Waals surface area contributed by atoms with Crippen LogP contribution in [0.5, 0.6) is 0 Å². The van der Waals surface area contributed by atoms with E-state index in [2.05, 4.69) is 5.32 Å². The molecular weight excluding hydrogens is 333 g/mol. The molecule has 0 radical (unpaired) electrons. The van der Waals surface area contributed by atoms with Gasteiger partial charge in [0.1, 0.15) is 12.4 Å². The number of carbonyl (C=O) groups excluding carboxylic acids is 1. The molecule has 2 aromatic carbocycles. The number of amides is 1. The number of carbonyl (C=O) groups is 1. The Morgan fingerprint density at radius 2 is 1.62 bits per heavy atom. The fourth-order valence-electron chi connectivity index (χ4n) is 1.96. The minimum absolute atomic E-state index is 0.202. The molecule has 0 aromatic heterocycles. The number of para-hydroxylation sites is 1. The van der Waals surface area contributed by atoms with Gasteiger partial charge >= 0.3 is 10.2 Å². The van der Waals surface area contributed by atoms with Gasteiger partial charge in [0, 0.05) is 19.8 Å². The molecule has 0 atom stereocenters. The predicted molar refractivity (Wildman–Crippen MR) is 91.4 cm³/mol. The lowest BCUT2D eigenvalue weighted by molar-refractivity contribution is -0.114. The van der Waals surface area contributed by atoms with Crippen molar-refractivity contribution in [1.29, 1.82) is 0 Å². The molecule has 2 aromatic rings. The molecule has 8 heteroatoms. The second kappa shape index (κ2) is 7.41. The minimum Gasteiger partial charge on any atom is -0.325 e. The van der Waals surface area contributed by atoms with E-state index in [1.54, 1.807) is 30.3 Å². The molecule has 0 saturated heterocycles. The maximum absolute atomic E-state index is 13.1. The molecule has 0 aliphatic rings. The van der Waals surface area contributed by atoms with Gasteiger partial charge in [0.05, 0.1) is 5.69 Å². The molecule has 6 nitrogen and oxygen atoms in total. The largest absolute Gasteiger partial charge is 0.325 e. The molecule has 0 heterocycles. The zero-order chi connectivity index (χ0) is 17.7. The summed E-state index contributed by atoms with van der Waals surface area (Å²) in [6, 6.07) is 13.6. The van der Waals surface area contributed by atoms with E-state index in [0.717, 1.165) is 20.7 Å². The van der Waals surface area contributed by atoms with Crippen LogP contribution in [0, 0.1) is 5.82 Å². The second-order valence-electron chi connectivity index (χ2n) is 5.19. The topological polar surface area (TPSA) is 69.7 Å². The van der Waals surface area contributed by atoms with E-state index in [0.29, 0.717) is 5.69 Å². The standard InChI is InChI=1S/C16H18FN3O3S/c1-19(2)24(22,23)20(15-10-8-13(17)9-11-15)12-16(21)18-14-6-4-3-5-7-14/h3-11H,12H2,1-2H3,(H,18,21). The van der Waals surface area contributed by atoms with Crippen LogP contribution in [0.25, 0.3) is 0 Å². The van der Waals surface area contributed by atoms with Crippen molar-refractivity contribution in [3.8, 4) is 0 Å². The first-order chi connectivity index (χ1) is 11.3. The van der Waals surface area contributed by atoms with E-state index in [1.165, 1.54) is 26.2 Å². The van der Waals surface area contributed by atoms with Gasteiger partial charge < -0.3 is 5.32 Å². The fraction of sp³-hybridized carbons (Fsp3) is 0.188. The Balaban J connectivity index is 2.26. The molecular formula is C16H18FN3O3S. The summed E-state index contributed by atoms with van der Waals surface area (Å²) in [5.41, 5.74) is 0.761. The molecule has 24 heavy (non-hydrogen) atoms. The van der Waals surface area contributed by atoms with Crippen LogP contribution < -0.4 is 9.62 Å². The van der Waals surface area contributed by atoms with Gasteiger partial charge in [-0.3, -0.25) is 4.79 Å². The van der Waals surface area contributed by atoms with Crippen molar-refractivity contribution in [3.63, 3.8) is 0 Å². The summed E-state index contributed by atoms with van der Waals surface area (Å²) in [6.07, 6.45) is 0. The van der Waals surface area contributed by atoms with E-state index in [1.807, 2.05) is 0 Å². The summed E-state index contributed by atoms with van der Waals surface area (Å²) in [4.78, 5) is 12.2. The molecule has 0 fully saturated rings. The molecule has 1 amide bonds. The van der Waals surface area contributed by atoms with Gasteiger partial charge in [0.2, 0.25) is 5.91 Å². The molecule has 2 rings (SSSR count). The third kappa shape index (κ3) is 4.30. The van der Waals surface area contributed by atoms with Gasteiger partial charge in [-0.15, -0.1) is 0 Å². The third-order valence-corrected chi connectivity index (χ3v) is 5.02. The number of nitrogens with one attached hydrogen (secondary N) is 1. The van der Waals surface area contributed by atoms with Crippen LogP contribution in [0.3, 0.4) is 0 Å². The Bertz CT molecular complexity index is 793. The highest BCUT2D eigenvalue weighted by Gasteiger charge is 2.27. The van der Waals surface area contributed by atoms with E-state index in [9.17, 15) is 17.6 Å². The summed E-state index contributed by atoms with van der Waals surface area (Å²) in [5.74, 6) is -0.995. The van der Waals surface area contributed by atoms with Crippen molar-refractivity contribution in [2.45, 2.75) is 0 Å². The Kier molecular flexibility index (Phi) is 5.53. The van der Waals surface area contributed by atoms with E-state index in [-0.39, 0.29) is 5.69 Å². The summed E-state index contributed by atoms with van der Waals surface area (Å²) in [5, 5.41) is 2.63. The third-order valence-electron chi connectivity index (χ3n) is 3.20. The lowest BCUT2D eigenvalue weighted by Gasteiger charge is -2.26. The fourth-order valence-corrected chi connectivity index (χ4v) is 3.03. The minimum atomic E-state index is -3.91. The van der Waals surface area contributed by atoms with Gasteiger partial charge in [-0.05, 0) is 36.4 Å². The molecule has 0 aliphatic carbocycles. The SMILES string of the molecule is CN(C)S(=O)(=O)N(CC(=O)Nc1ccccc1)c1ccc(F)cc1. The quantitative estimate of drug-likeness (QED) is 0.866. The Morgan fingerprint density at radius 3 is 2.17 bits per heavy atom. The van der Waals surface area contributed by atoms with Crippen molar-refractivity contribution in [2.75, 3.05) is 30.3 Å². The van der Waals surface area contributed by atoms with Crippen LogP contribution >= 0.6 is 0 Å². The van der Waals surface area contributed by atoms with Crippen molar-refractivity contribution >= 4 is 27.5 Å². The maximum atomic E-state index is 13.1. The van der Waals surface area contributed by atoms with Crippen molar-refractivity contribution in [2.24, 2.45) is 0 Å². The average molecular weight is 351 g/mol. The van der Waals surface area contributed by atoms with Gasteiger partial charge in [0.25, 0.3) is 0 Å². The Hall–Kier alpha value is -2.45. The molecule has 0 unspecified atom stereocenters. The predicted octanol–water partition coefficient (Wildman–Crippen LogP) is 2.08. The second-order valence-corrected chi connectivity index (χ2v) is 7.25. The van der Waals surface area contributed by atoms with E-state index >= 15 is 0 Å². The first-order valence-corrected chi connectivity index (χ1v) is 8.51. The summed E-state index contributed by atoms with van der Waals surface area (Å²) < 4.78 is 40.0. The molecule has 0 saturated carbocycles. The zero-order valence-corrected chi connectivity index (χ0v) is 14.1. The van der Waals surface area contributed by atoms with Gasteiger partial charge in [-0.2, -0.15) is 12.7 Å². The maximum Gasteiger partial charge on any atom is 0.304 e. The summed E-state index contributed by atoms with van der Waals surface area (Å²) in [7, 11) is -1.18. The Morgan fingerprint density at radius 1 is 1.04 bits per heavy atom. The van der Waals surface area contributed by atoms with Crippen molar-refractivity contribution in [3.05, 3.63) is 60.4 Å². The first-order valence-electron chi connectivity index (χ1n) is 7.11. The highest BCUT2D eigenvalue weighted by atomic mass is 32.2. The summed E-state index contributed by atoms with van der Waals surface area (Å²) in [6.45, 7) is -0.430. The van der Waals surface area contributed by atoms with Gasteiger partial charge in [-0.25, -0.2) is 8.70 Å². The molecule has 128 valence electrons. The number of hydrogen-bond donors (Lipinski definition) is 1. The Labute approximate surface area is 140 Å². The highest BCUT2D eigenvalue weighted by Crippen LogP contribution is 2.20. The van der Waals surface area contributed by atoms with Crippen LogP contribution in [0.2, 0.25) is 0 Å². The highest BCUT2D eigenvalue weighted by molar-refractivity contribution is 7.90. The number of benzene rings is 2. The van der Waals surface area contributed by atoms with E-state index in [4.69, 9.17) is 0 Å². The van der Waals surface area contributed by atoms with Gasteiger partial charge in [0.15, 0.2) is 0 Å². The van der Waals surface area contributed by atoms with E-state index < -0.39 is 28.5 Å². The first kappa shape index (κ1) is 17.9. The number of halogens is 1. The zero-order valence-electron chi connectivity index (χ0n) is 13.3. The number of hydrogen-bond acceptors (Lipinski definition) is 3. The van der Waals surface area contributed by atoms with Crippen LogP contribution in [0.1, 0.15) is 0 Å². The lowest BCUT2D eigenvalue weighted by Crippen LogP contribution is -2.44. The molecule has 0 bridgehead atoms. The van der Waals surface area contributed by atoms with Crippen LogP contribution in [0.15, 0.2) is 54.6 Å².